The average molecular weight is 458 g/mol. The Morgan fingerprint density at radius 2 is 1.81 bits per heavy atom. The summed E-state index contributed by atoms with van der Waals surface area (Å²) in [7, 11) is -3.67. The summed E-state index contributed by atoms with van der Waals surface area (Å²) in [6, 6.07) is 13.6. The van der Waals surface area contributed by atoms with Crippen molar-refractivity contribution in [2.75, 3.05) is 18.4 Å². The molecule has 1 saturated heterocycles. The maximum absolute atomic E-state index is 13.0. The molecule has 0 aromatic heterocycles. The molecule has 0 unspecified atom stereocenters. The number of aryl methyl sites for hydroxylation is 1. The van der Waals surface area contributed by atoms with Crippen LogP contribution in [0.25, 0.3) is 0 Å². The van der Waals surface area contributed by atoms with Gasteiger partial charge < -0.3 is 10.6 Å². The Morgan fingerprint density at radius 1 is 1.12 bits per heavy atom. The van der Waals surface area contributed by atoms with Crippen LogP contribution >= 0.6 is 0 Å². The molecule has 2 atom stereocenters. The summed E-state index contributed by atoms with van der Waals surface area (Å²) in [5.41, 5.74) is 1.80. The minimum Gasteiger partial charge on any atom is -0.350 e. The van der Waals surface area contributed by atoms with Crippen LogP contribution < -0.4 is 10.6 Å². The minimum absolute atomic E-state index is 0.0186. The Hall–Kier alpha value is -2.71. The number of nitrogens with zero attached hydrogens (tertiary/aromatic N) is 1. The van der Waals surface area contributed by atoms with E-state index in [9.17, 15) is 18.0 Å². The highest BCUT2D eigenvalue weighted by atomic mass is 32.2. The normalized spacial score (nSPS) is 18.0. The molecule has 0 saturated carbocycles. The fourth-order valence-corrected chi connectivity index (χ4v) is 5.19. The standard InChI is InChI=1S/C24H31N3O4S/c1-4-18(3)25-24(29)21-9-5-6-10-22(21)26-23(28)19-8-7-15-27(16-19)32(30,31)20-13-11-17(2)12-14-20/h5-6,9-14,18-19H,4,7-8,15-16H2,1-3H3,(H,25,29)(H,26,28)/t18-,19+/m0/s1. The van der Waals surface area contributed by atoms with Gasteiger partial charge in [-0.1, -0.05) is 36.8 Å². The van der Waals surface area contributed by atoms with Gasteiger partial charge in [-0.05, 0) is 57.4 Å². The number of anilines is 1. The Morgan fingerprint density at radius 3 is 2.50 bits per heavy atom. The number of amides is 2. The van der Waals surface area contributed by atoms with E-state index in [-0.39, 0.29) is 29.3 Å². The number of carbonyl (C=O) groups is 2. The largest absolute Gasteiger partial charge is 0.350 e. The van der Waals surface area contributed by atoms with Crippen LogP contribution in [0.1, 0.15) is 49.0 Å². The molecule has 1 aliphatic heterocycles. The lowest BCUT2D eigenvalue weighted by Gasteiger charge is -2.31. The summed E-state index contributed by atoms with van der Waals surface area (Å²) in [4.78, 5) is 25.8. The molecule has 1 fully saturated rings. The highest BCUT2D eigenvalue weighted by Crippen LogP contribution is 2.26. The first-order valence-corrected chi connectivity index (χ1v) is 12.4. The monoisotopic (exact) mass is 457 g/mol. The molecule has 2 aromatic carbocycles. The van der Waals surface area contributed by atoms with E-state index in [1.54, 1.807) is 48.5 Å². The van der Waals surface area contributed by atoms with Gasteiger partial charge in [0, 0.05) is 19.1 Å². The molecule has 0 aliphatic carbocycles. The summed E-state index contributed by atoms with van der Waals surface area (Å²) in [6.07, 6.45) is 1.99. The quantitative estimate of drug-likeness (QED) is 0.665. The number of carbonyl (C=O) groups excluding carboxylic acids is 2. The molecule has 2 amide bonds. The van der Waals surface area contributed by atoms with Crippen LogP contribution in [-0.2, 0) is 14.8 Å². The number of sulfonamides is 1. The number of benzene rings is 2. The lowest BCUT2D eigenvalue weighted by Crippen LogP contribution is -2.43. The van der Waals surface area contributed by atoms with Gasteiger partial charge >= 0.3 is 0 Å². The van der Waals surface area contributed by atoms with Gasteiger partial charge in [-0.2, -0.15) is 4.31 Å². The lowest BCUT2D eigenvalue weighted by molar-refractivity contribution is -0.120. The molecule has 1 heterocycles. The molecule has 0 spiro atoms. The molecule has 0 bridgehead atoms. The van der Waals surface area contributed by atoms with E-state index in [0.717, 1.165) is 12.0 Å². The van der Waals surface area contributed by atoms with Crippen LogP contribution in [0.5, 0.6) is 0 Å². The third-order valence-corrected chi connectivity index (χ3v) is 7.71. The topological polar surface area (TPSA) is 95.6 Å². The van der Waals surface area contributed by atoms with E-state index >= 15 is 0 Å². The van der Waals surface area contributed by atoms with E-state index in [2.05, 4.69) is 10.6 Å². The van der Waals surface area contributed by atoms with Gasteiger partial charge in [0.25, 0.3) is 5.91 Å². The van der Waals surface area contributed by atoms with Crippen molar-refractivity contribution >= 4 is 27.5 Å². The highest BCUT2D eigenvalue weighted by molar-refractivity contribution is 7.89. The smallest absolute Gasteiger partial charge is 0.253 e. The molecule has 7 nitrogen and oxygen atoms in total. The summed E-state index contributed by atoms with van der Waals surface area (Å²) >= 11 is 0. The van der Waals surface area contributed by atoms with Gasteiger partial charge in [0.1, 0.15) is 0 Å². The predicted molar refractivity (Wildman–Crippen MR) is 125 cm³/mol. The van der Waals surface area contributed by atoms with E-state index < -0.39 is 15.9 Å². The fourth-order valence-electron chi connectivity index (χ4n) is 3.66. The Balaban J connectivity index is 1.73. The third kappa shape index (κ3) is 5.55. The molecule has 0 radical (unpaired) electrons. The van der Waals surface area contributed by atoms with Gasteiger partial charge in [-0.15, -0.1) is 0 Å². The Labute approximate surface area is 190 Å². The molecule has 8 heteroatoms. The van der Waals surface area contributed by atoms with Crippen LogP contribution in [0.15, 0.2) is 53.4 Å². The minimum atomic E-state index is -3.67. The number of hydrogen-bond acceptors (Lipinski definition) is 4. The summed E-state index contributed by atoms with van der Waals surface area (Å²) in [5, 5.41) is 5.76. The molecule has 32 heavy (non-hydrogen) atoms. The second kappa shape index (κ2) is 10.3. The van der Waals surface area contributed by atoms with E-state index in [0.29, 0.717) is 30.6 Å². The number of rotatable bonds is 7. The maximum Gasteiger partial charge on any atom is 0.253 e. The van der Waals surface area contributed by atoms with Crippen molar-refractivity contribution in [3.63, 3.8) is 0 Å². The molecule has 172 valence electrons. The van der Waals surface area contributed by atoms with Gasteiger partial charge in [0.05, 0.1) is 22.1 Å². The van der Waals surface area contributed by atoms with Gasteiger partial charge in [0.15, 0.2) is 0 Å². The van der Waals surface area contributed by atoms with Crippen molar-refractivity contribution in [1.82, 2.24) is 9.62 Å². The molecule has 2 aromatic rings. The zero-order valence-corrected chi connectivity index (χ0v) is 19.6. The highest BCUT2D eigenvalue weighted by Gasteiger charge is 2.33. The summed E-state index contributed by atoms with van der Waals surface area (Å²) < 4.78 is 27.5. The first kappa shape index (κ1) is 23.9. The van der Waals surface area contributed by atoms with E-state index in [1.807, 2.05) is 20.8 Å². The van der Waals surface area contributed by atoms with Crippen molar-refractivity contribution < 1.29 is 18.0 Å². The van der Waals surface area contributed by atoms with Crippen molar-refractivity contribution in [1.29, 1.82) is 0 Å². The maximum atomic E-state index is 13.0. The first-order valence-electron chi connectivity index (χ1n) is 11.0. The molecule has 3 rings (SSSR count). The first-order chi connectivity index (χ1) is 15.2. The fraction of sp³-hybridized carbons (Fsp3) is 0.417. The zero-order valence-electron chi connectivity index (χ0n) is 18.8. The van der Waals surface area contributed by atoms with Gasteiger partial charge in [-0.3, -0.25) is 9.59 Å². The summed E-state index contributed by atoms with van der Waals surface area (Å²) in [5.74, 6) is -1.02. The molecular formula is C24H31N3O4S. The SMILES string of the molecule is CC[C@H](C)NC(=O)c1ccccc1NC(=O)[C@@H]1CCCN(S(=O)(=O)c2ccc(C)cc2)C1. The molecule has 1 aliphatic rings. The van der Waals surface area contributed by atoms with Crippen molar-refractivity contribution in [2.45, 2.75) is 51.0 Å². The van der Waals surface area contributed by atoms with Crippen LogP contribution in [-0.4, -0.2) is 43.7 Å². The van der Waals surface area contributed by atoms with Crippen LogP contribution in [0.4, 0.5) is 5.69 Å². The van der Waals surface area contributed by atoms with E-state index in [1.165, 1.54) is 4.31 Å². The van der Waals surface area contributed by atoms with Crippen LogP contribution in [0, 0.1) is 12.8 Å². The van der Waals surface area contributed by atoms with Gasteiger partial charge in [0.2, 0.25) is 15.9 Å². The van der Waals surface area contributed by atoms with E-state index in [4.69, 9.17) is 0 Å². The molecule has 2 N–H and O–H groups in total. The molecular weight excluding hydrogens is 426 g/mol. The van der Waals surface area contributed by atoms with Crippen LogP contribution in [0.3, 0.4) is 0 Å². The lowest BCUT2D eigenvalue weighted by atomic mass is 9.98. The average Bonchev–Trinajstić information content (AvgIpc) is 2.79. The number of hydrogen-bond donors (Lipinski definition) is 2. The number of piperidine rings is 1. The van der Waals surface area contributed by atoms with Crippen molar-refractivity contribution in [3.05, 3.63) is 59.7 Å². The predicted octanol–water partition coefficient (Wildman–Crippen LogP) is 3.56. The third-order valence-electron chi connectivity index (χ3n) is 5.83. The van der Waals surface area contributed by atoms with Gasteiger partial charge in [-0.25, -0.2) is 8.42 Å². The van der Waals surface area contributed by atoms with Crippen LogP contribution in [0.2, 0.25) is 0 Å². The number of para-hydroxylation sites is 1. The van der Waals surface area contributed by atoms with Crippen molar-refractivity contribution in [3.8, 4) is 0 Å². The second-order valence-corrected chi connectivity index (χ2v) is 10.3. The number of nitrogens with one attached hydrogen (secondary N) is 2. The Bertz CT molecular complexity index is 1070. The summed E-state index contributed by atoms with van der Waals surface area (Å²) in [6.45, 7) is 6.30. The second-order valence-electron chi connectivity index (χ2n) is 8.33. The van der Waals surface area contributed by atoms with Crippen molar-refractivity contribution in [2.24, 2.45) is 5.92 Å². The zero-order chi connectivity index (χ0) is 23.3. The Kier molecular flexibility index (Phi) is 7.69.